The Morgan fingerprint density at radius 2 is 1.50 bits per heavy atom. The fourth-order valence-corrected chi connectivity index (χ4v) is 1.38. The number of carbonyl (C=O) groups excluding carboxylic acids is 3. The lowest BCUT2D eigenvalue weighted by Gasteiger charge is -2.28. The highest BCUT2D eigenvalue weighted by atomic mass is 16.6. The van der Waals surface area contributed by atoms with Crippen LogP contribution in [0.15, 0.2) is 0 Å². The number of aliphatic hydroxyl groups is 2. The Kier molecular flexibility index (Phi) is 7.78. The minimum absolute atomic E-state index is 0.0211. The third kappa shape index (κ3) is 4.78. The topological polar surface area (TPSA) is 119 Å². The van der Waals surface area contributed by atoms with Crippen LogP contribution in [0.4, 0.5) is 0 Å². The molecular weight excluding hydrogens is 272 g/mol. The smallest absolute Gasteiger partial charge is 0.342 e. The van der Waals surface area contributed by atoms with Crippen molar-refractivity contribution in [3.63, 3.8) is 0 Å². The molecule has 8 nitrogen and oxygen atoms in total. The summed E-state index contributed by atoms with van der Waals surface area (Å²) in [6.45, 7) is 4.35. The quantitative estimate of drug-likeness (QED) is 0.439. The summed E-state index contributed by atoms with van der Waals surface area (Å²) in [4.78, 5) is 34.6. The molecule has 0 fully saturated rings. The fraction of sp³-hybridized carbons (Fsp3) is 0.750. The minimum atomic E-state index is -2.74. The Morgan fingerprint density at radius 1 is 1.00 bits per heavy atom. The summed E-state index contributed by atoms with van der Waals surface area (Å²) in [5.41, 5.74) is -2.74. The van der Waals surface area contributed by atoms with E-state index in [1.165, 1.54) is 20.8 Å². The Labute approximate surface area is 116 Å². The van der Waals surface area contributed by atoms with E-state index in [0.29, 0.717) is 0 Å². The number of hydrogen-bond donors (Lipinski definition) is 2. The van der Waals surface area contributed by atoms with Crippen molar-refractivity contribution in [2.24, 2.45) is 0 Å². The van der Waals surface area contributed by atoms with Crippen molar-refractivity contribution >= 4 is 17.9 Å². The molecule has 0 aliphatic rings. The van der Waals surface area contributed by atoms with Crippen molar-refractivity contribution < 1.29 is 38.8 Å². The Morgan fingerprint density at radius 3 is 1.95 bits per heavy atom. The van der Waals surface area contributed by atoms with E-state index in [9.17, 15) is 24.6 Å². The third-order valence-corrected chi connectivity index (χ3v) is 2.31. The zero-order chi connectivity index (χ0) is 15.8. The van der Waals surface area contributed by atoms with Crippen molar-refractivity contribution in [1.82, 2.24) is 0 Å². The van der Waals surface area contributed by atoms with Crippen molar-refractivity contribution in [1.29, 1.82) is 0 Å². The number of hydrogen-bond acceptors (Lipinski definition) is 8. The second kappa shape index (κ2) is 8.49. The van der Waals surface area contributed by atoms with Crippen molar-refractivity contribution in [3.05, 3.63) is 0 Å². The summed E-state index contributed by atoms with van der Waals surface area (Å²) in [6.07, 6.45) is -3.16. The molecule has 0 amide bonds. The zero-order valence-corrected chi connectivity index (χ0v) is 11.7. The van der Waals surface area contributed by atoms with Crippen molar-refractivity contribution in [2.75, 3.05) is 19.8 Å². The van der Waals surface area contributed by atoms with Crippen molar-refractivity contribution in [2.45, 2.75) is 38.9 Å². The molecule has 0 rings (SSSR count). The molecule has 0 aromatic rings. The van der Waals surface area contributed by atoms with Gasteiger partial charge in [-0.3, -0.25) is 4.79 Å². The summed E-state index contributed by atoms with van der Waals surface area (Å²) in [6, 6.07) is 0. The van der Waals surface area contributed by atoms with Gasteiger partial charge in [0.2, 0.25) is 5.60 Å². The van der Waals surface area contributed by atoms with Crippen molar-refractivity contribution in [3.8, 4) is 0 Å². The molecule has 2 N–H and O–H groups in total. The Bertz CT molecular complexity index is 353. The van der Waals surface area contributed by atoms with Gasteiger partial charge in [-0.25, -0.2) is 9.59 Å². The van der Waals surface area contributed by atoms with Crippen LogP contribution in [0.3, 0.4) is 0 Å². The number of carbonyl (C=O) groups is 3. The van der Waals surface area contributed by atoms with Gasteiger partial charge in [-0.05, 0) is 20.8 Å². The standard InChI is InChI=1S/C12H20O8/c1-4-18-8(13)7-12(17,11(16)20-6-3)9(14)10(15)19-5-2/h9,14,17H,4-7H2,1-3H3. The Balaban J connectivity index is 5.18. The van der Waals surface area contributed by atoms with Gasteiger partial charge in [0, 0.05) is 0 Å². The molecule has 0 spiro atoms. The van der Waals surface area contributed by atoms with Gasteiger partial charge in [0.05, 0.1) is 26.2 Å². The van der Waals surface area contributed by atoms with Gasteiger partial charge in [-0.1, -0.05) is 0 Å². The second-order valence-electron chi connectivity index (χ2n) is 3.78. The molecule has 0 saturated heterocycles. The maximum absolute atomic E-state index is 11.7. The monoisotopic (exact) mass is 292 g/mol. The molecule has 0 aliphatic carbocycles. The minimum Gasteiger partial charge on any atom is -0.466 e. The lowest BCUT2D eigenvalue weighted by molar-refractivity contribution is -0.194. The first-order valence-electron chi connectivity index (χ1n) is 6.23. The van der Waals surface area contributed by atoms with E-state index in [4.69, 9.17) is 0 Å². The van der Waals surface area contributed by atoms with E-state index in [-0.39, 0.29) is 19.8 Å². The molecule has 0 saturated carbocycles. The fourth-order valence-electron chi connectivity index (χ4n) is 1.38. The van der Waals surface area contributed by atoms with Gasteiger partial charge >= 0.3 is 17.9 Å². The number of rotatable bonds is 8. The molecule has 0 radical (unpaired) electrons. The summed E-state index contributed by atoms with van der Waals surface area (Å²) in [5.74, 6) is -3.48. The van der Waals surface area contributed by atoms with Gasteiger partial charge in [0.1, 0.15) is 0 Å². The number of aliphatic hydroxyl groups excluding tert-OH is 1. The van der Waals surface area contributed by atoms with Crippen LogP contribution in [-0.4, -0.2) is 59.6 Å². The van der Waals surface area contributed by atoms with Crippen LogP contribution in [-0.2, 0) is 28.6 Å². The molecule has 0 heterocycles. The largest absolute Gasteiger partial charge is 0.466 e. The first kappa shape index (κ1) is 18.3. The van der Waals surface area contributed by atoms with Crippen LogP contribution in [0.25, 0.3) is 0 Å². The molecule has 116 valence electrons. The van der Waals surface area contributed by atoms with E-state index < -0.39 is 36.0 Å². The first-order chi connectivity index (χ1) is 9.33. The molecule has 0 aromatic heterocycles. The average molecular weight is 292 g/mol. The van der Waals surface area contributed by atoms with Crippen LogP contribution >= 0.6 is 0 Å². The highest BCUT2D eigenvalue weighted by molar-refractivity contribution is 5.92. The molecular formula is C12H20O8. The van der Waals surface area contributed by atoms with Crippen LogP contribution in [0.5, 0.6) is 0 Å². The van der Waals surface area contributed by atoms with Crippen LogP contribution in [0.2, 0.25) is 0 Å². The molecule has 0 aromatic carbocycles. The molecule has 0 aliphatic heterocycles. The van der Waals surface area contributed by atoms with E-state index in [2.05, 4.69) is 14.2 Å². The SMILES string of the molecule is CCOC(=O)CC(O)(C(=O)OCC)C(O)C(=O)OCC. The Hall–Kier alpha value is -1.67. The lowest BCUT2D eigenvalue weighted by Crippen LogP contribution is -2.55. The zero-order valence-electron chi connectivity index (χ0n) is 11.7. The van der Waals surface area contributed by atoms with E-state index >= 15 is 0 Å². The summed E-state index contributed by atoms with van der Waals surface area (Å²) < 4.78 is 13.7. The maximum Gasteiger partial charge on any atom is 0.342 e. The molecule has 20 heavy (non-hydrogen) atoms. The summed E-state index contributed by atoms with van der Waals surface area (Å²) in [7, 11) is 0. The molecule has 2 atom stereocenters. The first-order valence-corrected chi connectivity index (χ1v) is 6.23. The van der Waals surface area contributed by atoms with Gasteiger partial charge in [-0.2, -0.15) is 0 Å². The number of esters is 3. The maximum atomic E-state index is 11.7. The molecule has 2 unspecified atom stereocenters. The highest BCUT2D eigenvalue weighted by Gasteiger charge is 2.51. The molecule has 0 bridgehead atoms. The van der Waals surface area contributed by atoms with Crippen LogP contribution in [0, 0.1) is 0 Å². The van der Waals surface area contributed by atoms with Gasteiger partial charge in [-0.15, -0.1) is 0 Å². The van der Waals surface area contributed by atoms with Gasteiger partial charge < -0.3 is 24.4 Å². The normalized spacial score (nSPS) is 14.8. The van der Waals surface area contributed by atoms with E-state index in [1.807, 2.05) is 0 Å². The number of ether oxygens (including phenoxy) is 3. The van der Waals surface area contributed by atoms with Crippen LogP contribution in [0.1, 0.15) is 27.2 Å². The van der Waals surface area contributed by atoms with Crippen LogP contribution < -0.4 is 0 Å². The second-order valence-corrected chi connectivity index (χ2v) is 3.78. The average Bonchev–Trinajstić information content (AvgIpc) is 2.38. The van der Waals surface area contributed by atoms with Gasteiger partial charge in [0.15, 0.2) is 6.10 Å². The van der Waals surface area contributed by atoms with E-state index in [1.54, 1.807) is 0 Å². The lowest BCUT2D eigenvalue weighted by atomic mass is 9.92. The predicted molar refractivity (Wildman–Crippen MR) is 65.5 cm³/mol. The van der Waals surface area contributed by atoms with E-state index in [0.717, 1.165) is 0 Å². The third-order valence-electron chi connectivity index (χ3n) is 2.31. The predicted octanol–water partition coefficient (Wildman–Crippen LogP) is -0.842. The highest BCUT2D eigenvalue weighted by Crippen LogP contribution is 2.20. The molecule has 8 heteroatoms. The van der Waals surface area contributed by atoms with Gasteiger partial charge in [0.25, 0.3) is 0 Å². The summed E-state index contributed by atoms with van der Waals surface area (Å²) in [5, 5.41) is 19.9. The summed E-state index contributed by atoms with van der Waals surface area (Å²) >= 11 is 0.